The Morgan fingerprint density at radius 1 is 1.39 bits per heavy atom. The molecule has 144 valence electrons. The monoisotopic (exact) mass is 397 g/mol. The standard InChI is InChI=1S/C20H20ClN5O2/c1-12-17-19(26(24-12)15-5-3-4-14(21)10-15)28-18(23)16(11-22)20(17)6-8-25(9-7-20)13(2)27/h3-5,10H,6-9,23H2,1-2H3. The molecule has 0 atom stereocenters. The molecule has 28 heavy (non-hydrogen) atoms. The van der Waals surface area contributed by atoms with Crippen LogP contribution in [0.2, 0.25) is 5.02 Å². The minimum absolute atomic E-state index is 0.0314. The topological polar surface area (TPSA) is 97.2 Å². The SMILES string of the molecule is CC(=O)N1CCC2(CC1)C(C#N)=C(N)Oc1c2c(C)nn1-c1cccc(Cl)c1. The predicted octanol–water partition coefficient (Wildman–Crippen LogP) is 2.80. The minimum atomic E-state index is -0.612. The van der Waals surface area contributed by atoms with E-state index in [-0.39, 0.29) is 11.8 Å². The maximum absolute atomic E-state index is 11.8. The van der Waals surface area contributed by atoms with Crippen molar-refractivity contribution in [1.29, 1.82) is 5.26 Å². The number of rotatable bonds is 1. The van der Waals surface area contributed by atoms with Crippen LogP contribution in [0.4, 0.5) is 0 Å². The number of likely N-dealkylation sites (tertiary alicyclic amines) is 1. The zero-order valence-electron chi connectivity index (χ0n) is 15.7. The van der Waals surface area contributed by atoms with Crippen LogP contribution >= 0.6 is 11.6 Å². The number of carbonyl (C=O) groups excluding carboxylic acids is 1. The van der Waals surface area contributed by atoms with E-state index in [9.17, 15) is 10.1 Å². The molecule has 1 aromatic heterocycles. The number of halogens is 1. The number of fused-ring (bicyclic) bond motifs is 2. The van der Waals surface area contributed by atoms with Crippen molar-refractivity contribution in [2.45, 2.75) is 32.1 Å². The van der Waals surface area contributed by atoms with E-state index in [2.05, 4.69) is 11.2 Å². The molecule has 0 bridgehead atoms. The van der Waals surface area contributed by atoms with E-state index >= 15 is 0 Å². The van der Waals surface area contributed by atoms with E-state index in [0.29, 0.717) is 42.4 Å². The Hall–Kier alpha value is -2.98. The van der Waals surface area contributed by atoms with Crippen molar-refractivity contribution in [3.63, 3.8) is 0 Å². The summed E-state index contributed by atoms with van der Waals surface area (Å²) in [6.45, 7) is 4.56. The molecular weight excluding hydrogens is 378 g/mol. The molecule has 1 saturated heterocycles. The molecule has 7 nitrogen and oxygen atoms in total. The Labute approximate surface area is 167 Å². The number of benzene rings is 1. The number of allylic oxidation sites excluding steroid dienone is 1. The number of nitrogens with zero attached hydrogens (tertiary/aromatic N) is 4. The zero-order chi connectivity index (χ0) is 20.1. The van der Waals surface area contributed by atoms with E-state index in [0.717, 1.165) is 16.9 Å². The maximum Gasteiger partial charge on any atom is 0.228 e. The minimum Gasteiger partial charge on any atom is -0.422 e. The van der Waals surface area contributed by atoms with Gasteiger partial charge in [-0.3, -0.25) is 4.79 Å². The number of carbonyl (C=O) groups is 1. The fourth-order valence-electron chi connectivity index (χ4n) is 4.32. The highest BCUT2D eigenvalue weighted by molar-refractivity contribution is 6.30. The Morgan fingerprint density at radius 2 is 2.11 bits per heavy atom. The third-order valence-electron chi connectivity index (χ3n) is 5.66. The van der Waals surface area contributed by atoms with Crippen molar-refractivity contribution in [2.24, 2.45) is 5.73 Å². The molecule has 4 rings (SSSR count). The third-order valence-corrected chi connectivity index (χ3v) is 5.89. The second-order valence-corrected chi connectivity index (χ2v) is 7.63. The van der Waals surface area contributed by atoms with Gasteiger partial charge in [-0.2, -0.15) is 10.4 Å². The van der Waals surface area contributed by atoms with Gasteiger partial charge in [0.25, 0.3) is 0 Å². The van der Waals surface area contributed by atoms with Crippen molar-refractivity contribution < 1.29 is 9.53 Å². The zero-order valence-corrected chi connectivity index (χ0v) is 16.5. The van der Waals surface area contributed by atoms with Gasteiger partial charge in [0.05, 0.1) is 11.4 Å². The summed E-state index contributed by atoms with van der Waals surface area (Å²) in [6.07, 6.45) is 1.18. The number of aryl methyl sites for hydroxylation is 1. The van der Waals surface area contributed by atoms with Crippen LogP contribution < -0.4 is 10.5 Å². The fourth-order valence-corrected chi connectivity index (χ4v) is 4.50. The van der Waals surface area contributed by atoms with Gasteiger partial charge in [-0.1, -0.05) is 17.7 Å². The van der Waals surface area contributed by atoms with Crippen LogP contribution in [0, 0.1) is 18.3 Å². The van der Waals surface area contributed by atoms with Gasteiger partial charge >= 0.3 is 0 Å². The molecule has 0 saturated carbocycles. The summed E-state index contributed by atoms with van der Waals surface area (Å²) in [7, 11) is 0. The molecule has 2 aromatic rings. The molecule has 2 N–H and O–H groups in total. The molecule has 1 amide bonds. The smallest absolute Gasteiger partial charge is 0.228 e. The second-order valence-electron chi connectivity index (χ2n) is 7.20. The summed E-state index contributed by atoms with van der Waals surface area (Å²) >= 11 is 6.15. The Balaban J connectivity index is 1.88. The van der Waals surface area contributed by atoms with Gasteiger partial charge in [-0.05, 0) is 38.0 Å². The third kappa shape index (κ3) is 2.64. The molecule has 3 heterocycles. The molecule has 8 heteroatoms. The maximum atomic E-state index is 11.8. The molecule has 1 aromatic carbocycles. The van der Waals surface area contributed by atoms with Crippen molar-refractivity contribution >= 4 is 17.5 Å². The lowest BCUT2D eigenvalue weighted by Crippen LogP contribution is -2.47. The van der Waals surface area contributed by atoms with Gasteiger partial charge in [0.15, 0.2) is 0 Å². The summed E-state index contributed by atoms with van der Waals surface area (Å²) in [5.74, 6) is 0.630. The van der Waals surface area contributed by atoms with E-state index in [1.807, 2.05) is 19.1 Å². The van der Waals surface area contributed by atoms with Crippen molar-refractivity contribution in [2.75, 3.05) is 13.1 Å². The first-order valence-electron chi connectivity index (χ1n) is 9.07. The number of piperidine rings is 1. The van der Waals surface area contributed by atoms with E-state index in [1.165, 1.54) is 0 Å². The summed E-state index contributed by atoms with van der Waals surface area (Å²) in [6, 6.07) is 9.55. The largest absolute Gasteiger partial charge is 0.422 e. The number of ether oxygens (including phenoxy) is 1. The quantitative estimate of drug-likeness (QED) is 0.797. The van der Waals surface area contributed by atoms with E-state index < -0.39 is 5.41 Å². The van der Waals surface area contributed by atoms with Gasteiger partial charge in [0.2, 0.25) is 17.7 Å². The first kappa shape index (κ1) is 18.4. The highest BCUT2D eigenvalue weighted by atomic mass is 35.5. The summed E-state index contributed by atoms with van der Waals surface area (Å²) in [5, 5.41) is 15.1. The number of nitriles is 1. The van der Waals surface area contributed by atoms with Crippen LogP contribution in [-0.4, -0.2) is 33.7 Å². The lowest BCUT2D eigenvalue weighted by atomic mass is 9.67. The van der Waals surface area contributed by atoms with Gasteiger partial charge in [0, 0.05) is 36.0 Å². The number of nitrogens with two attached hydrogens (primary N) is 1. The van der Waals surface area contributed by atoms with Crippen LogP contribution in [0.1, 0.15) is 31.0 Å². The lowest BCUT2D eigenvalue weighted by molar-refractivity contribution is -0.130. The highest BCUT2D eigenvalue weighted by Crippen LogP contribution is 2.51. The fraction of sp³-hybridized carbons (Fsp3) is 0.350. The molecule has 1 fully saturated rings. The average molecular weight is 398 g/mol. The Bertz CT molecular complexity index is 1040. The molecule has 2 aliphatic rings. The van der Waals surface area contributed by atoms with Crippen molar-refractivity contribution in [3.8, 4) is 17.6 Å². The average Bonchev–Trinajstić information content (AvgIpc) is 2.99. The number of aromatic nitrogens is 2. The van der Waals surface area contributed by atoms with Crippen molar-refractivity contribution in [3.05, 3.63) is 52.0 Å². The first-order valence-corrected chi connectivity index (χ1v) is 9.45. The van der Waals surface area contributed by atoms with Crippen LogP contribution in [-0.2, 0) is 10.2 Å². The summed E-state index contributed by atoms with van der Waals surface area (Å²) < 4.78 is 7.57. The summed E-state index contributed by atoms with van der Waals surface area (Å²) in [4.78, 5) is 13.6. The number of hydrogen-bond acceptors (Lipinski definition) is 5. The van der Waals surface area contributed by atoms with Crippen LogP contribution in [0.15, 0.2) is 35.7 Å². The number of hydrogen-bond donors (Lipinski definition) is 1. The molecule has 0 aliphatic carbocycles. The van der Waals surface area contributed by atoms with E-state index in [1.54, 1.807) is 28.6 Å². The van der Waals surface area contributed by atoms with Crippen LogP contribution in [0.25, 0.3) is 5.69 Å². The Kier molecular flexibility index (Phi) is 4.31. The van der Waals surface area contributed by atoms with Gasteiger partial charge in [-0.25, -0.2) is 4.68 Å². The van der Waals surface area contributed by atoms with Crippen molar-refractivity contribution in [1.82, 2.24) is 14.7 Å². The summed E-state index contributed by atoms with van der Waals surface area (Å²) in [5.41, 5.74) is 8.36. The highest BCUT2D eigenvalue weighted by Gasteiger charge is 2.49. The van der Waals surface area contributed by atoms with Crippen LogP contribution in [0.5, 0.6) is 5.88 Å². The van der Waals surface area contributed by atoms with Crippen LogP contribution in [0.3, 0.4) is 0 Å². The molecule has 2 aliphatic heterocycles. The molecule has 0 unspecified atom stereocenters. The first-order chi connectivity index (χ1) is 13.4. The molecule has 1 spiro atoms. The Morgan fingerprint density at radius 3 is 2.71 bits per heavy atom. The molecular formula is C20H20ClN5O2. The van der Waals surface area contributed by atoms with E-state index in [4.69, 9.17) is 22.1 Å². The second kappa shape index (κ2) is 6.57. The molecule has 0 radical (unpaired) electrons. The predicted molar refractivity (Wildman–Crippen MR) is 104 cm³/mol. The number of amides is 1. The van der Waals surface area contributed by atoms with Gasteiger partial charge in [-0.15, -0.1) is 0 Å². The van der Waals surface area contributed by atoms with Gasteiger partial charge in [0.1, 0.15) is 11.6 Å². The lowest BCUT2D eigenvalue weighted by Gasteiger charge is -2.43. The normalized spacial score (nSPS) is 17.9. The van der Waals surface area contributed by atoms with Gasteiger partial charge < -0.3 is 15.4 Å².